The van der Waals surface area contributed by atoms with Crippen LogP contribution in [-0.2, 0) is 0 Å². The molecule has 1 nitrogen and oxygen atoms in total. The maximum Gasteiger partial charge on any atom is 0.106 e. The van der Waals surface area contributed by atoms with Crippen molar-refractivity contribution in [1.29, 1.82) is 0 Å². The molecule has 0 aliphatic heterocycles. The molecule has 0 radical (unpaired) electrons. The smallest absolute Gasteiger partial charge is 0.106 e. The molecule has 0 atom stereocenters. The van der Waals surface area contributed by atoms with Crippen LogP contribution in [0.3, 0.4) is 0 Å². The van der Waals surface area contributed by atoms with Gasteiger partial charge in [-0.1, -0.05) is 30.7 Å². The Morgan fingerprint density at radius 3 is 2.45 bits per heavy atom. The number of rotatable bonds is 2. The molecule has 0 saturated carbocycles. The monoisotopic (exact) mass is 187 g/mol. The summed E-state index contributed by atoms with van der Waals surface area (Å²) in [4.78, 5) is 4.11. The zero-order chi connectivity index (χ0) is 8.53. The van der Waals surface area contributed by atoms with Crippen LogP contribution in [-0.4, -0.2) is 11.2 Å². The molecule has 0 aliphatic carbocycles. The van der Waals surface area contributed by atoms with E-state index in [-0.39, 0.29) is 0 Å². The second-order valence-corrected chi connectivity index (χ2v) is 3.84. The molecule has 0 N–H and O–H groups in total. The molecule has 0 spiro atoms. The van der Waals surface area contributed by atoms with Crippen LogP contribution in [0.1, 0.15) is 13.8 Å². The van der Waals surface area contributed by atoms with E-state index in [1.165, 1.54) is 0 Å². The van der Waals surface area contributed by atoms with Crippen LogP contribution in [0.4, 0.5) is 0 Å². The Balaban J connectivity index is 0.000000461. The van der Waals surface area contributed by atoms with Crippen molar-refractivity contribution in [2.24, 2.45) is 0 Å². The van der Waals surface area contributed by atoms with Crippen molar-refractivity contribution >= 4 is 21.6 Å². The fourth-order valence-corrected chi connectivity index (χ4v) is 1.70. The van der Waals surface area contributed by atoms with Gasteiger partial charge in [0.15, 0.2) is 0 Å². The van der Waals surface area contributed by atoms with E-state index in [1.54, 1.807) is 27.8 Å². The summed E-state index contributed by atoms with van der Waals surface area (Å²) in [6.45, 7) is 4.00. The first kappa shape index (κ1) is 10.8. The first-order chi connectivity index (χ1) is 5.43. The van der Waals surface area contributed by atoms with Gasteiger partial charge in [-0.2, -0.15) is 0 Å². The number of aromatic nitrogens is 1. The summed E-state index contributed by atoms with van der Waals surface area (Å²) in [5.74, 6) is 0. The minimum Gasteiger partial charge on any atom is -0.249 e. The van der Waals surface area contributed by atoms with E-state index in [0.717, 1.165) is 5.03 Å². The van der Waals surface area contributed by atoms with Crippen LogP contribution in [0.25, 0.3) is 0 Å². The van der Waals surface area contributed by atoms with Crippen LogP contribution < -0.4 is 0 Å². The molecule has 62 valence electrons. The highest BCUT2D eigenvalue weighted by Crippen LogP contribution is 2.25. The van der Waals surface area contributed by atoms with Gasteiger partial charge in [0.05, 0.1) is 0 Å². The van der Waals surface area contributed by atoms with Crippen molar-refractivity contribution in [2.75, 3.05) is 6.26 Å². The van der Waals surface area contributed by atoms with Crippen molar-refractivity contribution in [3.05, 3.63) is 24.4 Å². The third kappa shape index (κ3) is 5.16. The lowest BCUT2D eigenvalue weighted by molar-refractivity contribution is 1.14. The summed E-state index contributed by atoms with van der Waals surface area (Å²) < 4.78 is 0. The first-order valence-electron chi connectivity index (χ1n) is 3.55. The van der Waals surface area contributed by atoms with Crippen molar-refractivity contribution in [3.8, 4) is 0 Å². The topological polar surface area (TPSA) is 12.9 Å². The van der Waals surface area contributed by atoms with Gasteiger partial charge in [0, 0.05) is 6.20 Å². The van der Waals surface area contributed by atoms with Gasteiger partial charge < -0.3 is 0 Å². The third-order valence-electron chi connectivity index (χ3n) is 0.806. The molecule has 1 aromatic rings. The van der Waals surface area contributed by atoms with E-state index in [1.807, 2.05) is 38.3 Å². The van der Waals surface area contributed by atoms with Gasteiger partial charge in [-0.25, -0.2) is 4.98 Å². The van der Waals surface area contributed by atoms with Crippen molar-refractivity contribution < 1.29 is 0 Å². The molecule has 0 aliphatic rings. The van der Waals surface area contributed by atoms with Gasteiger partial charge in [0.1, 0.15) is 5.03 Å². The molecule has 3 heteroatoms. The second-order valence-electron chi connectivity index (χ2n) is 1.42. The van der Waals surface area contributed by atoms with Gasteiger partial charge in [0.2, 0.25) is 0 Å². The minimum absolute atomic E-state index is 1.07. The second kappa shape index (κ2) is 7.95. The van der Waals surface area contributed by atoms with E-state index in [0.29, 0.717) is 0 Å². The molecule has 0 saturated heterocycles. The average molecular weight is 187 g/mol. The Morgan fingerprint density at radius 2 is 2.00 bits per heavy atom. The lowest BCUT2D eigenvalue weighted by Gasteiger charge is -1.91. The van der Waals surface area contributed by atoms with Crippen molar-refractivity contribution in [1.82, 2.24) is 4.98 Å². The van der Waals surface area contributed by atoms with Gasteiger partial charge in [-0.3, -0.25) is 0 Å². The Morgan fingerprint density at radius 1 is 1.27 bits per heavy atom. The summed E-state index contributed by atoms with van der Waals surface area (Å²) in [6, 6.07) is 5.91. The summed E-state index contributed by atoms with van der Waals surface area (Å²) in [6.07, 6.45) is 3.85. The number of nitrogens with zero attached hydrogens (tertiary/aromatic N) is 1. The van der Waals surface area contributed by atoms with E-state index in [9.17, 15) is 0 Å². The van der Waals surface area contributed by atoms with E-state index in [2.05, 4.69) is 4.98 Å². The summed E-state index contributed by atoms with van der Waals surface area (Å²) in [5, 5.41) is 1.07. The average Bonchev–Trinajstić information content (AvgIpc) is 2.11. The molecular formula is C8H13NS2. The SMILES string of the molecule is CC.CSSc1ccccn1. The Bertz CT molecular complexity index is 165. The molecule has 1 rings (SSSR count). The number of hydrogen-bond donors (Lipinski definition) is 0. The van der Waals surface area contributed by atoms with Crippen LogP contribution in [0.5, 0.6) is 0 Å². The largest absolute Gasteiger partial charge is 0.249 e. The molecular weight excluding hydrogens is 174 g/mol. The zero-order valence-corrected chi connectivity index (χ0v) is 8.71. The highest BCUT2D eigenvalue weighted by molar-refractivity contribution is 8.76. The minimum atomic E-state index is 1.07. The molecule has 0 unspecified atom stereocenters. The fourth-order valence-electron chi connectivity index (χ4n) is 0.482. The summed E-state index contributed by atoms with van der Waals surface area (Å²) in [5.41, 5.74) is 0. The van der Waals surface area contributed by atoms with Crippen LogP contribution in [0, 0.1) is 0 Å². The van der Waals surface area contributed by atoms with Gasteiger partial charge in [-0.15, -0.1) is 0 Å². The maximum absolute atomic E-state index is 4.11. The van der Waals surface area contributed by atoms with Crippen LogP contribution in [0.2, 0.25) is 0 Å². The summed E-state index contributed by atoms with van der Waals surface area (Å²) in [7, 11) is 3.39. The van der Waals surface area contributed by atoms with Gasteiger partial charge >= 0.3 is 0 Å². The highest BCUT2D eigenvalue weighted by Gasteiger charge is 1.87. The molecule has 0 bridgehead atoms. The summed E-state index contributed by atoms with van der Waals surface area (Å²) >= 11 is 0. The maximum atomic E-state index is 4.11. The lowest BCUT2D eigenvalue weighted by atomic mass is 10.5. The molecule has 1 aromatic heterocycles. The fraction of sp³-hybridized carbons (Fsp3) is 0.375. The lowest BCUT2D eigenvalue weighted by Crippen LogP contribution is -1.71. The highest BCUT2D eigenvalue weighted by atomic mass is 33.1. The third-order valence-corrected chi connectivity index (χ3v) is 2.40. The van der Waals surface area contributed by atoms with E-state index < -0.39 is 0 Å². The predicted molar refractivity (Wildman–Crippen MR) is 55.0 cm³/mol. The van der Waals surface area contributed by atoms with Gasteiger partial charge in [0.25, 0.3) is 0 Å². The van der Waals surface area contributed by atoms with E-state index in [4.69, 9.17) is 0 Å². The molecule has 0 fully saturated rings. The van der Waals surface area contributed by atoms with Crippen molar-refractivity contribution in [2.45, 2.75) is 18.9 Å². The normalized spacial score (nSPS) is 8.27. The molecule has 0 amide bonds. The number of pyridine rings is 1. The zero-order valence-electron chi connectivity index (χ0n) is 7.07. The van der Waals surface area contributed by atoms with Crippen LogP contribution >= 0.6 is 21.6 Å². The molecule has 1 heterocycles. The Labute approximate surface area is 76.4 Å². The Kier molecular flexibility index (Phi) is 7.84. The molecule has 11 heavy (non-hydrogen) atoms. The van der Waals surface area contributed by atoms with E-state index >= 15 is 0 Å². The Hall–Kier alpha value is -0.150. The van der Waals surface area contributed by atoms with Crippen molar-refractivity contribution in [3.63, 3.8) is 0 Å². The molecule has 0 aromatic carbocycles. The standard InChI is InChI=1S/C6H7NS2.C2H6/c1-8-9-6-4-2-3-5-7-6;1-2/h2-5H,1H3;1-2H3. The van der Waals surface area contributed by atoms with Crippen LogP contribution in [0.15, 0.2) is 29.4 Å². The van der Waals surface area contributed by atoms with Gasteiger partial charge in [-0.05, 0) is 29.2 Å². The quantitative estimate of drug-likeness (QED) is 0.658. The predicted octanol–water partition coefficient (Wildman–Crippen LogP) is 3.48. The number of hydrogen-bond acceptors (Lipinski definition) is 3. The first-order valence-corrected chi connectivity index (χ1v) is 6.11.